The average molecular weight is 310 g/mol. The van der Waals surface area contributed by atoms with Crippen LogP contribution in [0.15, 0.2) is 43.0 Å². The predicted molar refractivity (Wildman–Crippen MR) is 84.1 cm³/mol. The molecule has 2 N–H and O–H groups in total. The fourth-order valence-electron chi connectivity index (χ4n) is 2.65. The van der Waals surface area contributed by atoms with Crippen molar-refractivity contribution in [2.45, 2.75) is 25.3 Å². The Bertz CT molecular complexity index is 805. The van der Waals surface area contributed by atoms with Crippen molar-refractivity contribution in [2.75, 3.05) is 5.32 Å². The number of nitrogens with zero attached hydrogens (tertiary/aromatic N) is 4. The maximum atomic E-state index is 9.58. The minimum atomic E-state index is -0.560. The van der Waals surface area contributed by atoms with Gasteiger partial charge in [0.2, 0.25) is 0 Å². The topological polar surface area (TPSA) is 85.1 Å². The second-order valence-electron chi connectivity index (χ2n) is 5.42. The molecule has 1 saturated heterocycles. The van der Waals surface area contributed by atoms with Crippen LogP contribution in [0.1, 0.15) is 18.2 Å². The fraction of sp³-hybridized carbons (Fsp3) is 0.250. The van der Waals surface area contributed by atoms with Crippen LogP contribution in [0.3, 0.4) is 0 Å². The summed E-state index contributed by atoms with van der Waals surface area (Å²) in [7, 11) is 0. The molecule has 0 unspecified atom stereocenters. The van der Waals surface area contributed by atoms with Crippen LogP contribution in [0, 0.1) is 6.61 Å². The lowest BCUT2D eigenvalue weighted by atomic mass is 10.2. The van der Waals surface area contributed by atoms with Gasteiger partial charge < -0.3 is 15.2 Å². The summed E-state index contributed by atoms with van der Waals surface area (Å²) in [6.07, 6.45) is 2.82. The van der Waals surface area contributed by atoms with E-state index in [4.69, 9.17) is 4.74 Å². The maximum Gasteiger partial charge on any atom is 0.167 e. The van der Waals surface area contributed by atoms with Crippen molar-refractivity contribution in [1.82, 2.24) is 19.5 Å². The number of rotatable bonds is 4. The molecular formula is C16H16N5O2. The maximum absolute atomic E-state index is 9.58. The van der Waals surface area contributed by atoms with E-state index in [1.807, 2.05) is 34.9 Å². The molecule has 1 radical (unpaired) electrons. The molecule has 7 nitrogen and oxygen atoms in total. The highest BCUT2D eigenvalue weighted by molar-refractivity contribution is 5.82. The van der Waals surface area contributed by atoms with Crippen LogP contribution < -0.4 is 5.32 Å². The molecule has 0 saturated carbocycles. The predicted octanol–water partition coefficient (Wildman–Crippen LogP) is 1.88. The molecule has 1 fully saturated rings. The Hall–Kier alpha value is -2.51. The first-order valence-corrected chi connectivity index (χ1v) is 7.43. The van der Waals surface area contributed by atoms with E-state index in [0.29, 0.717) is 29.9 Å². The molecule has 0 spiro atoms. The van der Waals surface area contributed by atoms with Gasteiger partial charge in [-0.3, -0.25) is 4.57 Å². The van der Waals surface area contributed by atoms with Gasteiger partial charge in [0.05, 0.1) is 12.4 Å². The van der Waals surface area contributed by atoms with E-state index in [1.165, 1.54) is 12.9 Å². The van der Waals surface area contributed by atoms with E-state index in [1.54, 1.807) is 6.33 Å². The number of aromatic nitrogens is 4. The van der Waals surface area contributed by atoms with Gasteiger partial charge >= 0.3 is 0 Å². The third-order valence-corrected chi connectivity index (χ3v) is 3.81. The Balaban J connectivity index is 1.60. The summed E-state index contributed by atoms with van der Waals surface area (Å²) in [5.74, 6) is 0.681. The second kappa shape index (κ2) is 5.94. The highest BCUT2D eigenvalue weighted by Crippen LogP contribution is 2.29. The summed E-state index contributed by atoms with van der Waals surface area (Å²) in [5, 5.41) is 12.9. The molecule has 4 rings (SSSR count). The van der Waals surface area contributed by atoms with E-state index in [-0.39, 0.29) is 6.23 Å². The van der Waals surface area contributed by atoms with E-state index in [9.17, 15) is 5.11 Å². The largest absolute Gasteiger partial charge is 0.390 e. The van der Waals surface area contributed by atoms with Gasteiger partial charge in [0.1, 0.15) is 19.2 Å². The molecule has 117 valence electrons. The molecule has 0 amide bonds. The summed E-state index contributed by atoms with van der Waals surface area (Å²) in [6, 6.07) is 10.1. The molecule has 23 heavy (non-hydrogen) atoms. The Morgan fingerprint density at radius 3 is 2.87 bits per heavy atom. The lowest BCUT2D eigenvalue weighted by molar-refractivity contribution is 0.0934. The minimum absolute atomic E-state index is 0.285. The van der Waals surface area contributed by atoms with Crippen LogP contribution in [0.2, 0.25) is 0 Å². The van der Waals surface area contributed by atoms with E-state index < -0.39 is 6.10 Å². The van der Waals surface area contributed by atoms with E-state index >= 15 is 0 Å². The standard InChI is InChI=1S/C16H16N5O2/c22-12-6-13(23-8-12)21-10-20-14-15(18-9-19-16(14)21)17-7-11-4-2-1-3-5-11/h1-5,8-10,12-13,22H,6-7H2,(H,17,18,19)/t12-,13+/m0/s1. The Morgan fingerprint density at radius 1 is 1.22 bits per heavy atom. The van der Waals surface area contributed by atoms with Crippen molar-refractivity contribution >= 4 is 17.0 Å². The highest BCUT2D eigenvalue weighted by atomic mass is 16.5. The molecule has 2 aromatic heterocycles. The summed E-state index contributed by atoms with van der Waals surface area (Å²) in [5.41, 5.74) is 2.53. The van der Waals surface area contributed by atoms with Crippen molar-refractivity contribution in [1.29, 1.82) is 0 Å². The molecule has 3 heterocycles. The van der Waals surface area contributed by atoms with Gasteiger partial charge in [0, 0.05) is 13.0 Å². The summed E-state index contributed by atoms with van der Waals surface area (Å²) in [4.78, 5) is 13.0. The zero-order valence-corrected chi connectivity index (χ0v) is 12.3. The molecule has 1 aliphatic rings. The molecule has 1 aromatic carbocycles. The first-order valence-electron chi connectivity index (χ1n) is 7.43. The molecule has 2 atom stereocenters. The van der Waals surface area contributed by atoms with Gasteiger partial charge in [-0.25, -0.2) is 15.0 Å². The second-order valence-corrected chi connectivity index (χ2v) is 5.42. The normalized spacial score (nSPS) is 20.9. The van der Waals surface area contributed by atoms with E-state index in [0.717, 1.165) is 5.56 Å². The smallest absolute Gasteiger partial charge is 0.167 e. The number of hydrogen-bond donors (Lipinski definition) is 2. The molecule has 7 heteroatoms. The number of aliphatic hydroxyl groups is 1. The number of imidazole rings is 1. The molecule has 1 aliphatic heterocycles. The molecular weight excluding hydrogens is 294 g/mol. The van der Waals surface area contributed by atoms with Crippen molar-refractivity contribution in [3.63, 3.8) is 0 Å². The lowest BCUT2D eigenvalue weighted by Crippen LogP contribution is -2.08. The zero-order valence-electron chi connectivity index (χ0n) is 12.3. The van der Waals surface area contributed by atoms with Gasteiger partial charge in [-0.1, -0.05) is 30.3 Å². The molecule has 0 bridgehead atoms. The van der Waals surface area contributed by atoms with Gasteiger partial charge in [-0.05, 0) is 5.56 Å². The lowest BCUT2D eigenvalue weighted by Gasteiger charge is -2.11. The van der Waals surface area contributed by atoms with Gasteiger partial charge in [0.25, 0.3) is 0 Å². The molecule has 0 aliphatic carbocycles. The van der Waals surface area contributed by atoms with Gasteiger partial charge in [-0.2, -0.15) is 0 Å². The Morgan fingerprint density at radius 2 is 2.09 bits per heavy atom. The third-order valence-electron chi connectivity index (χ3n) is 3.81. The number of anilines is 1. The van der Waals surface area contributed by atoms with Crippen LogP contribution in [0.4, 0.5) is 5.82 Å². The van der Waals surface area contributed by atoms with Crippen molar-refractivity contribution in [3.05, 3.63) is 55.2 Å². The number of ether oxygens (including phenoxy) is 1. The van der Waals surface area contributed by atoms with Crippen LogP contribution >= 0.6 is 0 Å². The van der Waals surface area contributed by atoms with Crippen molar-refractivity contribution in [2.24, 2.45) is 0 Å². The number of nitrogens with one attached hydrogen (secondary N) is 1. The summed E-state index contributed by atoms with van der Waals surface area (Å²) < 4.78 is 7.27. The van der Waals surface area contributed by atoms with Crippen LogP contribution in [-0.2, 0) is 11.3 Å². The van der Waals surface area contributed by atoms with Crippen molar-refractivity contribution < 1.29 is 9.84 Å². The van der Waals surface area contributed by atoms with Crippen molar-refractivity contribution in [3.8, 4) is 0 Å². The zero-order chi connectivity index (χ0) is 15.6. The Kier molecular flexibility index (Phi) is 3.64. The van der Waals surface area contributed by atoms with Crippen LogP contribution in [0.5, 0.6) is 0 Å². The minimum Gasteiger partial charge on any atom is -0.390 e. The molecule has 3 aromatic rings. The first kappa shape index (κ1) is 14.1. The summed E-state index contributed by atoms with van der Waals surface area (Å²) >= 11 is 0. The van der Waals surface area contributed by atoms with Gasteiger partial charge in [-0.15, -0.1) is 0 Å². The fourth-order valence-corrected chi connectivity index (χ4v) is 2.65. The highest BCUT2D eigenvalue weighted by Gasteiger charge is 2.27. The van der Waals surface area contributed by atoms with Gasteiger partial charge in [0.15, 0.2) is 17.0 Å². The number of fused-ring (bicyclic) bond motifs is 1. The first-order chi connectivity index (χ1) is 11.3. The number of aliphatic hydroxyl groups excluding tert-OH is 1. The number of hydrogen-bond acceptors (Lipinski definition) is 6. The third kappa shape index (κ3) is 2.76. The monoisotopic (exact) mass is 310 g/mol. The Labute approximate surface area is 133 Å². The quantitative estimate of drug-likeness (QED) is 0.765. The van der Waals surface area contributed by atoms with Crippen LogP contribution in [0.25, 0.3) is 11.2 Å². The summed E-state index contributed by atoms with van der Waals surface area (Å²) in [6.45, 7) is 2.10. The SMILES string of the molecule is O[C@@H]1[CH]O[C@@H](n2cnc3c(NCc4ccccc4)ncnc32)C1. The number of benzene rings is 1. The van der Waals surface area contributed by atoms with Crippen LogP contribution in [-0.4, -0.2) is 30.7 Å². The average Bonchev–Trinajstić information content (AvgIpc) is 3.20. The van der Waals surface area contributed by atoms with E-state index in [2.05, 4.69) is 20.3 Å².